The summed E-state index contributed by atoms with van der Waals surface area (Å²) in [6, 6.07) is 4.38. The highest BCUT2D eigenvalue weighted by molar-refractivity contribution is 5.48. The summed E-state index contributed by atoms with van der Waals surface area (Å²) in [7, 11) is 3.91. The van der Waals surface area contributed by atoms with E-state index in [1.165, 1.54) is 18.2 Å². The first-order chi connectivity index (χ1) is 8.54. The van der Waals surface area contributed by atoms with Gasteiger partial charge in [0.2, 0.25) is 0 Å². The molecule has 6 nitrogen and oxygen atoms in total. The average Bonchev–Trinajstić information content (AvgIpc) is 2.33. The van der Waals surface area contributed by atoms with E-state index >= 15 is 0 Å². The molecule has 0 aliphatic carbocycles. The minimum Gasteiger partial charge on any atom is -0.487 e. The van der Waals surface area contributed by atoms with Crippen LogP contribution in [0, 0.1) is 10.1 Å². The zero-order valence-electron chi connectivity index (χ0n) is 10.6. The van der Waals surface area contributed by atoms with Crippen LogP contribution in [0.3, 0.4) is 0 Å². The van der Waals surface area contributed by atoms with Crippen LogP contribution in [0.4, 0.5) is 5.69 Å². The molecular formula is C12H18N2O4. The van der Waals surface area contributed by atoms with Crippen molar-refractivity contribution in [3.63, 3.8) is 0 Å². The summed E-state index contributed by atoms with van der Waals surface area (Å²) in [4.78, 5) is 12.3. The molecule has 0 heterocycles. The molecule has 0 aliphatic heterocycles. The fraction of sp³-hybridized carbons (Fsp3) is 0.500. The molecule has 0 aliphatic rings. The summed E-state index contributed by atoms with van der Waals surface area (Å²) in [6.45, 7) is 1.10. The van der Waals surface area contributed by atoms with Crippen LogP contribution in [0.1, 0.15) is 12.0 Å². The second-order valence-corrected chi connectivity index (χ2v) is 4.22. The number of aliphatic hydroxyl groups is 1. The summed E-state index contributed by atoms with van der Waals surface area (Å²) in [6.07, 6.45) is 0.785. The van der Waals surface area contributed by atoms with Crippen LogP contribution in [-0.2, 0) is 6.61 Å². The Labute approximate surface area is 106 Å². The predicted octanol–water partition coefficient (Wildman–Crippen LogP) is 1.42. The molecule has 1 N–H and O–H groups in total. The fourth-order valence-corrected chi connectivity index (χ4v) is 1.49. The van der Waals surface area contributed by atoms with E-state index in [4.69, 9.17) is 9.84 Å². The van der Waals surface area contributed by atoms with Crippen molar-refractivity contribution in [1.82, 2.24) is 4.90 Å². The van der Waals surface area contributed by atoms with Crippen molar-refractivity contribution in [2.75, 3.05) is 27.2 Å². The van der Waals surface area contributed by atoms with Gasteiger partial charge >= 0.3 is 5.69 Å². The third-order valence-corrected chi connectivity index (χ3v) is 2.41. The van der Waals surface area contributed by atoms with E-state index in [0.717, 1.165) is 13.0 Å². The van der Waals surface area contributed by atoms with Crippen molar-refractivity contribution in [2.45, 2.75) is 13.0 Å². The number of rotatable bonds is 7. The first-order valence-electron chi connectivity index (χ1n) is 5.70. The predicted molar refractivity (Wildman–Crippen MR) is 67.7 cm³/mol. The Morgan fingerprint density at radius 1 is 1.44 bits per heavy atom. The highest BCUT2D eigenvalue weighted by atomic mass is 16.6. The molecule has 0 bridgehead atoms. The summed E-state index contributed by atoms with van der Waals surface area (Å²) in [5.41, 5.74) is 0.528. The molecule has 1 aromatic carbocycles. The van der Waals surface area contributed by atoms with Crippen LogP contribution < -0.4 is 4.74 Å². The monoisotopic (exact) mass is 254 g/mol. The second-order valence-electron chi connectivity index (χ2n) is 4.22. The topological polar surface area (TPSA) is 75.8 Å². The molecule has 18 heavy (non-hydrogen) atoms. The Morgan fingerprint density at radius 3 is 2.72 bits per heavy atom. The number of hydrogen-bond donors (Lipinski definition) is 1. The van der Waals surface area contributed by atoms with Gasteiger partial charge in [0, 0.05) is 12.6 Å². The first kappa shape index (κ1) is 14.4. The Bertz CT molecular complexity index is 407. The van der Waals surface area contributed by atoms with Crippen LogP contribution in [0.15, 0.2) is 18.2 Å². The maximum absolute atomic E-state index is 10.8. The molecule has 100 valence electrons. The van der Waals surface area contributed by atoms with E-state index < -0.39 is 4.92 Å². The summed E-state index contributed by atoms with van der Waals surface area (Å²) in [5.74, 6) is 0.213. The number of nitrogens with zero attached hydrogens (tertiary/aromatic N) is 2. The minimum atomic E-state index is -0.484. The minimum absolute atomic E-state index is 0.0722. The molecular weight excluding hydrogens is 236 g/mol. The van der Waals surface area contributed by atoms with E-state index in [2.05, 4.69) is 0 Å². The molecule has 0 amide bonds. The molecule has 0 atom stereocenters. The van der Waals surface area contributed by atoms with Crippen LogP contribution in [-0.4, -0.2) is 42.2 Å². The molecule has 0 radical (unpaired) electrons. The number of hydrogen-bond acceptors (Lipinski definition) is 5. The SMILES string of the molecule is CN(C)CCCOc1cc(CO)ccc1[N+](=O)[O-]. The number of nitro groups is 1. The van der Waals surface area contributed by atoms with Crippen LogP contribution >= 0.6 is 0 Å². The molecule has 1 aromatic rings. The van der Waals surface area contributed by atoms with E-state index in [9.17, 15) is 10.1 Å². The van der Waals surface area contributed by atoms with Crippen LogP contribution in [0.2, 0.25) is 0 Å². The van der Waals surface area contributed by atoms with Crippen molar-refractivity contribution in [1.29, 1.82) is 0 Å². The number of ether oxygens (including phenoxy) is 1. The van der Waals surface area contributed by atoms with Crippen molar-refractivity contribution in [3.05, 3.63) is 33.9 Å². The molecule has 6 heteroatoms. The average molecular weight is 254 g/mol. The van der Waals surface area contributed by atoms with Gasteiger partial charge in [0.1, 0.15) is 0 Å². The van der Waals surface area contributed by atoms with Crippen LogP contribution in [0.5, 0.6) is 5.75 Å². The van der Waals surface area contributed by atoms with Gasteiger partial charge in [-0.05, 0) is 38.2 Å². The molecule has 0 spiro atoms. The van der Waals surface area contributed by atoms with E-state index in [-0.39, 0.29) is 18.0 Å². The summed E-state index contributed by atoms with van der Waals surface area (Å²) < 4.78 is 5.41. The quantitative estimate of drug-likeness (QED) is 0.452. The maximum Gasteiger partial charge on any atom is 0.310 e. The van der Waals surface area contributed by atoms with Gasteiger partial charge < -0.3 is 14.7 Å². The van der Waals surface area contributed by atoms with Crippen molar-refractivity contribution >= 4 is 5.69 Å². The number of aliphatic hydroxyl groups excluding tert-OH is 1. The standard InChI is InChI=1S/C12H18N2O4/c1-13(2)6-3-7-18-12-8-10(9-15)4-5-11(12)14(16)17/h4-5,8,15H,3,6-7,9H2,1-2H3. The van der Waals surface area contributed by atoms with Gasteiger partial charge in [-0.1, -0.05) is 0 Å². The molecule has 0 saturated carbocycles. The number of nitro benzene ring substituents is 1. The van der Waals surface area contributed by atoms with Gasteiger partial charge in [0.15, 0.2) is 5.75 Å². The van der Waals surface area contributed by atoms with Crippen LogP contribution in [0.25, 0.3) is 0 Å². The maximum atomic E-state index is 10.8. The normalized spacial score (nSPS) is 10.7. The van der Waals surface area contributed by atoms with Crippen molar-refractivity contribution in [2.24, 2.45) is 0 Å². The Morgan fingerprint density at radius 2 is 2.17 bits per heavy atom. The van der Waals surface area contributed by atoms with Gasteiger partial charge in [-0.15, -0.1) is 0 Å². The molecule has 0 unspecified atom stereocenters. The van der Waals surface area contributed by atoms with Gasteiger partial charge in [-0.25, -0.2) is 0 Å². The second kappa shape index (κ2) is 6.93. The van der Waals surface area contributed by atoms with Crippen molar-refractivity contribution in [3.8, 4) is 5.75 Å². The smallest absolute Gasteiger partial charge is 0.310 e. The molecule has 1 rings (SSSR count). The van der Waals surface area contributed by atoms with Gasteiger partial charge in [-0.2, -0.15) is 0 Å². The van der Waals surface area contributed by atoms with E-state index in [1.54, 1.807) is 0 Å². The number of benzene rings is 1. The Kier molecular flexibility index (Phi) is 5.54. The molecule has 0 saturated heterocycles. The summed E-state index contributed by atoms with van der Waals surface area (Å²) in [5, 5.41) is 19.8. The van der Waals surface area contributed by atoms with E-state index in [1.807, 2.05) is 19.0 Å². The molecule has 0 fully saturated rings. The highest BCUT2D eigenvalue weighted by Crippen LogP contribution is 2.28. The third-order valence-electron chi connectivity index (χ3n) is 2.41. The lowest BCUT2D eigenvalue weighted by molar-refractivity contribution is -0.385. The zero-order chi connectivity index (χ0) is 13.5. The lowest BCUT2D eigenvalue weighted by Crippen LogP contribution is -2.15. The lowest BCUT2D eigenvalue weighted by Gasteiger charge is -2.11. The van der Waals surface area contributed by atoms with Gasteiger partial charge in [0.25, 0.3) is 0 Å². The molecule has 0 aromatic heterocycles. The highest BCUT2D eigenvalue weighted by Gasteiger charge is 2.15. The lowest BCUT2D eigenvalue weighted by atomic mass is 10.2. The zero-order valence-corrected chi connectivity index (χ0v) is 10.6. The Hall–Kier alpha value is -1.66. The van der Waals surface area contributed by atoms with Gasteiger partial charge in [-0.3, -0.25) is 10.1 Å². The van der Waals surface area contributed by atoms with Crippen molar-refractivity contribution < 1.29 is 14.8 Å². The van der Waals surface area contributed by atoms with E-state index in [0.29, 0.717) is 12.2 Å². The first-order valence-corrected chi connectivity index (χ1v) is 5.70. The third kappa shape index (κ3) is 4.31. The summed E-state index contributed by atoms with van der Waals surface area (Å²) >= 11 is 0. The fourth-order valence-electron chi connectivity index (χ4n) is 1.49. The van der Waals surface area contributed by atoms with Gasteiger partial charge in [0.05, 0.1) is 18.1 Å². The largest absolute Gasteiger partial charge is 0.487 e. The Balaban J connectivity index is 2.69.